The van der Waals surface area contributed by atoms with Crippen molar-refractivity contribution in [2.24, 2.45) is 0 Å². The molecule has 0 amide bonds. The molecule has 6 nitrogen and oxygen atoms in total. The summed E-state index contributed by atoms with van der Waals surface area (Å²) >= 11 is 0. The lowest BCUT2D eigenvalue weighted by molar-refractivity contribution is -0.143. The zero-order valence-corrected chi connectivity index (χ0v) is 18.3. The fourth-order valence-electron chi connectivity index (χ4n) is 3.18. The molecule has 0 aromatic heterocycles. The van der Waals surface area contributed by atoms with Crippen molar-refractivity contribution < 1.29 is 28.6 Å². The molecule has 3 aromatic rings. The van der Waals surface area contributed by atoms with Crippen molar-refractivity contribution in [1.82, 2.24) is 0 Å². The summed E-state index contributed by atoms with van der Waals surface area (Å²) in [6.45, 7) is 4.24. The van der Waals surface area contributed by atoms with Crippen LogP contribution >= 0.6 is 0 Å². The Morgan fingerprint density at radius 3 is 2.19 bits per heavy atom. The number of Topliss-reactive ketones (excluding diaryl/α,β-unsaturated/α-hetero) is 1. The monoisotopic (exact) mass is 434 g/mol. The summed E-state index contributed by atoms with van der Waals surface area (Å²) in [7, 11) is 0. The third kappa shape index (κ3) is 5.72. The van der Waals surface area contributed by atoms with Crippen molar-refractivity contribution in [3.63, 3.8) is 0 Å². The molecule has 3 aromatic carbocycles. The highest BCUT2D eigenvalue weighted by Gasteiger charge is 2.15. The van der Waals surface area contributed by atoms with Gasteiger partial charge in [0.2, 0.25) is 0 Å². The Balaban J connectivity index is 1.71. The first kappa shape index (κ1) is 23.0. The highest BCUT2D eigenvalue weighted by Crippen LogP contribution is 2.29. The standard InChI is InChI=1S/C26H26O6/c1-3-23(27)18-10-12-19(13-11-18)32-26(29)22-14-15-24(21-9-6-5-8-20(21)22)30-16-7-17-31-25(28)4-2/h5-6,8-15H,3-4,7,16-17H2,1-2H3. The van der Waals surface area contributed by atoms with Gasteiger partial charge in [0.25, 0.3) is 0 Å². The van der Waals surface area contributed by atoms with E-state index in [-0.39, 0.29) is 11.8 Å². The first-order valence-corrected chi connectivity index (χ1v) is 10.7. The second-order valence-electron chi connectivity index (χ2n) is 7.12. The minimum absolute atomic E-state index is 0.0352. The van der Waals surface area contributed by atoms with E-state index in [1.54, 1.807) is 50.2 Å². The second-order valence-corrected chi connectivity index (χ2v) is 7.12. The van der Waals surface area contributed by atoms with E-state index in [9.17, 15) is 14.4 Å². The fraction of sp³-hybridized carbons (Fsp3) is 0.269. The first-order valence-electron chi connectivity index (χ1n) is 10.7. The summed E-state index contributed by atoms with van der Waals surface area (Å²) in [4.78, 5) is 35.8. The molecule has 0 bridgehead atoms. The van der Waals surface area contributed by atoms with Crippen LogP contribution in [-0.2, 0) is 9.53 Å². The number of ketones is 1. The summed E-state index contributed by atoms with van der Waals surface area (Å²) in [5.74, 6) is 0.321. The largest absolute Gasteiger partial charge is 0.493 e. The van der Waals surface area contributed by atoms with E-state index in [1.807, 2.05) is 24.3 Å². The predicted octanol–water partition coefficient (Wildman–Crippen LogP) is 5.37. The maximum Gasteiger partial charge on any atom is 0.344 e. The quantitative estimate of drug-likeness (QED) is 0.185. The lowest BCUT2D eigenvalue weighted by Gasteiger charge is -2.12. The smallest absolute Gasteiger partial charge is 0.344 e. The van der Waals surface area contributed by atoms with Gasteiger partial charge >= 0.3 is 11.9 Å². The molecule has 0 fully saturated rings. The van der Waals surface area contributed by atoms with Gasteiger partial charge in [0.05, 0.1) is 18.8 Å². The summed E-state index contributed by atoms with van der Waals surface area (Å²) in [6, 6.07) is 17.4. The van der Waals surface area contributed by atoms with Crippen molar-refractivity contribution >= 4 is 28.5 Å². The van der Waals surface area contributed by atoms with Crippen LogP contribution in [0.2, 0.25) is 0 Å². The van der Waals surface area contributed by atoms with Crippen molar-refractivity contribution in [3.8, 4) is 11.5 Å². The summed E-state index contributed by atoms with van der Waals surface area (Å²) < 4.78 is 16.4. The molecule has 0 radical (unpaired) electrons. The van der Waals surface area contributed by atoms with Gasteiger partial charge in [-0.1, -0.05) is 38.1 Å². The molecule has 3 rings (SSSR count). The van der Waals surface area contributed by atoms with Crippen LogP contribution in [0.3, 0.4) is 0 Å². The van der Waals surface area contributed by atoms with Gasteiger partial charge in [0.15, 0.2) is 5.78 Å². The molecule has 0 aliphatic rings. The van der Waals surface area contributed by atoms with Crippen molar-refractivity contribution in [3.05, 3.63) is 71.8 Å². The van der Waals surface area contributed by atoms with Gasteiger partial charge in [-0.15, -0.1) is 0 Å². The molecule has 166 valence electrons. The van der Waals surface area contributed by atoms with E-state index in [0.29, 0.717) is 60.5 Å². The van der Waals surface area contributed by atoms with Crippen LogP contribution in [0.15, 0.2) is 60.7 Å². The van der Waals surface area contributed by atoms with Crippen molar-refractivity contribution in [1.29, 1.82) is 0 Å². The minimum atomic E-state index is -0.492. The Bertz CT molecular complexity index is 1100. The molecular formula is C26H26O6. The number of carbonyl (C=O) groups is 3. The van der Waals surface area contributed by atoms with E-state index in [1.165, 1.54) is 0 Å². The fourth-order valence-corrected chi connectivity index (χ4v) is 3.18. The van der Waals surface area contributed by atoms with E-state index >= 15 is 0 Å². The van der Waals surface area contributed by atoms with E-state index in [4.69, 9.17) is 14.2 Å². The molecule has 0 atom stereocenters. The number of benzene rings is 3. The average molecular weight is 434 g/mol. The van der Waals surface area contributed by atoms with Crippen molar-refractivity contribution in [2.75, 3.05) is 13.2 Å². The van der Waals surface area contributed by atoms with Gasteiger partial charge in [0.1, 0.15) is 11.5 Å². The lowest BCUT2D eigenvalue weighted by atomic mass is 10.0. The number of hydrogen-bond acceptors (Lipinski definition) is 6. The summed E-state index contributed by atoms with van der Waals surface area (Å²) in [5, 5.41) is 1.50. The maximum absolute atomic E-state index is 12.8. The van der Waals surface area contributed by atoms with Crippen LogP contribution in [0.5, 0.6) is 11.5 Å². The topological polar surface area (TPSA) is 78.9 Å². The Morgan fingerprint density at radius 2 is 1.50 bits per heavy atom. The lowest BCUT2D eigenvalue weighted by Crippen LogP contribution is -2.10. The number of fused-ring (bicyclic) bond motifs is 1. The van der Waals surface area contributed by atoms with Crippen LogP contribution in [-0.4, -0.2) is 30.9 Å². The Kier molecular flexibility index (Phi) is 7.97. The first-order chi connectivity index (χ1) is 15.5. The molecule has 0 aliphatic heterocycles. The Morgan fingerprint density at radius 1 is 0.781 bits per heavy atom. The van der Waals surface area contributed by atoms with Crippen molar-refractivity contribution in [2.45, 2.75) is 33.1 Å². The molecule has 0 saturated heterocycles. The minimum Gasteiger partial charge on any atom is -0.493 e. The van der Waals surface area contributed by atoms with Crippen LogP contribution in [0.1, 0.15) is 53.8 Å². The summed E-state index contributed by atoms with van der Waals surface area (Å²) in [6.07, 6.45) is 1.34. The van der Waals surface area contributed by atoms with Crippen LogP contribution in [0.4, 0.5) is 0 Å². The highest BCUT2D eigenvalue weighted by atomic mass is 16.5. The van der Waals surface area contributed by atoms with Gasteiger partial charge in [-0.05, 0) is 41.8 Å². The van der Waals surface area contributed by atoms with E-state index in [2.05, 4.69) is 0 Å². The normalized spacial score (nSPS) is 10.6. The van der Waals surface area contributed by atoms with E-state index < -0.39 is 5.97 Å². The third-order valence-electron chi connectivity index (χ3n) is 4.91. The average Bonchev–Trinajstić information content (AvgIpc) is 2.83. The third-order valence-corrected chi connectivity index (χ3v) is 4.91. The van der Waals surface area contributed by atoms with Crippen LogP contribution < -0.4 is 9.47 Å². The molecule has 0 aliphatic carbocycles. The predicted molar refractivity (Wildman–Crippen MR) is 121 cm³/mol. The van der Waals surface area contributed by atoms with Gasteiger partial charge in [-0.3, -0.25) is 9.59 Å². The molecular weight excluding hydrogens is 408 g/mol. The van der Waals surface area contributed by atoms with Gasteiger partial charge in [-0.25, -0.2) is 4.79 Å². The molecule has 6 heteroatoms. The second kappa shape index (κ2) is 11.1. The van der Waals surface area contributed by atoms with Gasteiger partial charge in [-0.2, -0.15) is 0 Å². The van der Waals surface area contributed by atoms with Gasteiger partial charge < -0.3 is 14.2 Å². The molecule has 32 heavy (non-hydrogen) atoms. The Hall–Kier alpha value is -3.67. The summed E-state index contributed by atoms with van der Waals surface area (Å²) in [5.41, 5.74) is 1.00. The number of carbonyl (C=O) groups excluding carboxylic acids is 3. The van der Waals surface area contributed by atoms with Crippen LogP contribution in [0.25, 0.3) is 10.8 Å². The highest BCUT2D eigenvalue weighted by molar-refractivity contribution is 6.07. The molecule has 0 N–H and O–H groups in total. The number of hydrogen-bond donors (Lipinski definition) is 0. The zero-order chi connectivity index (χ0) is 22.9. The number of ether oxygens (including phenoxy) is 3. The SMILES string of the molecule is CCC(=O)OCCCOc1ccc(C(=O)Oc2ccc(C(=O)CC)cc2)c2ccccc12. The molecule has 0 spiro atoms. The van der Waals surface area contributed by atoms with Crippen LogP contribution in [0, 0.1) is 0 Å². The Labute approximate surface area is 187 Å². The molecule has 0 saturated carbocycles. The number of rotatable bonds is 10. The molecule has 0 heterocycles. The van der Waals surface area contributed by atoms with Gasteiger partial charge in [0, 0.05) is 30.2 Å². The van der Waals surface area contributed by atoms with E-state index in [0.717, 1.165) is 5.39 Å². The maximum atomic E-state index is 12.8. The number of esters is 2. The zero-order valence-electron chi connectivity index (χ0n) is 18.3. The molecule has 0 unspecified atom stereocenters.